The Morgan fingerprint density at radius 1 is 1.05 bits per heavy atom. The van der Waals surface area contributed by atoms with E-state index < -0.39 is 11.6 Å². The van der Waals surface area contributed by atoms with Gasteiger partial charge >= 0.3 is 0 Å². The molecule has 2 rings (SSSR count). The van der Waals surface area contributed by atoms with Gasteiger partial charge in [0.1, 0.15) is 11.6 Å². The van der Waals surface area contributed by atoms with Gasteiger partial charge < -0.3 is 0 Å². The third-order valence-corrected chi connectivity index (χ3v) is 4.01. The SMILES string of the molecule is NNC(CSc1ccccc1)Cc1cc(F)cc(F)c1. The van der Waals surface area contributed by atoms with Gasteiger partial charge in [-0.2, -0.15) is 0 Å². The largest absolute Gasteiger partial charge is 0.271 e. The molecule has 0 aromatic heterocycles. The molecule has 106 valence electrons. The molecule has 2 aromatic rings. The number of hydrogen-bond donors (Lipinski definition) is 2. The Morgan fingerprint density at radius 3 is 2.30 bits per heavy atom. The van der Waals surface area contributed by atoms with Gasteiger partial charge in [-0.1, -0.05) is 18.2 Å². The van der Waals surface area contributed by atoms with Crippen LogP contribution in [0.3, 0.4) is 0 Å². The third-order valence-electron chi connectivity index (χ3n) is 2.83. The maximum absolute atomic E-state index is 13.1. The van der Waals surface area contributed by atoms with Crippen LogP contribution in [0.2, 0.25) is 0 Å². The van der Waals surface area contributed by atoms with Crippen molar-refractivity contribution in [1.29, 1.82) is 0 Å². The summed E-state index contributed by atoms with van der Waals surface area (Å²) < 4.78 is 26.3. The molecule has 0 aliphatic rings. The molecule has 0 heterocycles. The Bertz CT molecular complexity index is 529. The number of nitrogens with two attached hydrogens (primary N) is 1. The Labute approximate surface area is 121 Å². The van der Waals surface area contributed by atoms with E-state index in [1.165, 1.54) is 12.1 Å². The van der Waals surface area contributed by atoms with Gasteiger partial charge in [-0.3, -0.25) is 11.3 Å². The highest BCUT2D eigenvalue weighted by Crippen LogP contribution is 2.19. The van der Waals surface area contributed by atoms with Gasteiger partial charge in [-0.05, 0) is 36.2 Å². The monoisotopic (exact) mass is 294 g/mol. The van der Waals surface area contributed by atoms with E-state index in [0.29, 0.717) is 12.0 Å². The lowest BCUT2D eigenvalue weighted by molar-refractivity contribution is 0.556. The molecule has 20 heavy (non-hydrogen) atoms. The molecule has 0 aliphatic heterocycles. The predicted octanol–water partition coefficient (Wildman–Crippen LogP) is 3.13. The molecule has 0 radical (unpaired) electrons. The summed E-state index contributed by atoms with van der Waals surface area (Å²) in [6, 6.07) is 13.4. The lowest BCUT2D eigenvalue weighted by atomic mass is 10.1. The first-order valence-corrected chi connectivity index (χ1v) is 7.25. The minimum Gasteiger partial charge on any atom is -0.271 e. The second-order valence-corrected chi connectivity index (χ2v) is 5.56. The van der Waals surface area contributed by atoms with E-state index in [1.807, 2.05) is 30.3 Å². The van der Waals surface area contributed by atoms with Crippen LogP contribution >= 0.6 is 11.8 Å². The molecule has 5 heteroatoms. The zero-order valence-corrected chi connectivity index (χ0v) is 11.7. The number of nitrogens with one attached hydrogen (secondary N) is 1. The summed E-state index contributed by atoms with van der Waals surface area (Å²) in [6.07, 6.45) is 0.477. The van der Waals surface area contributed by atoms with Crippen LogP contribution in [0.4, 0.5) is 8.78 Å². The van der Waals surface area contributed by atoms with E-state index in [0.717, 1.165) is 16.7 Å². The summed E-state index contributed by atoms with van der Waals surface area (Å²) in [4.78, 5) is 1.14. The van der Waals surface area contributed by atoms with E-state index in [4.69, 9.17) is 5.84 Å². The van der Waals surface area contributed by atoms with E-state index in [1.54, 1.807) is 11.8 Å². The van der Waals surface area contributed by atoms with Crippen molar-refractivity contribution in [2.45, 2.75) is 17.4 Å². The van der Waals surface area contributed by atoms with Crippen LogP contribution in [-0.4, -0.2) is 11.8 Å². The Morgan fingerprint density at radius 2 is 1.70 bits per heavy atom. The molecule has 0 amide bonds. The molecule has 0 bridgehead atoms. The lowest BCUT2D eigenvalue weighted by Gasteiger charge is -2.15. The Balaban J connectivity index is 1.95. The minimum absolute atomic E-state index is 0.0543. The van der Waals surface area contributed by atoms with Crippen LogP contribution < -0.4 is 11.3 Å². The van der Waals surface area contributed by atoms with Crippen LogP contribution in [0.15, 0.2) is 53.4 Å². The van der Waals surface area contributed by atoms with E-state index in [-0.39, 0.29) is 6.04 Å². The van der Waals surface area contributed by atoms with Gasteiger partial charge in [0.25, 0.3) is 0 Å². The summed E-state index contributed by atoms with van der Waals surface area (Å²) >= 11 is 1.65. The maximum atomic E-state index is 13.1. The third kappa shape index (κ3) is 4.59. The fraction of sp³-hybridized carbons (Fsp3) is 0.200. The van der Waals surface area contributed by atoms with Gasteiger partial charge in [0.15, 0.2) is 0 Å². The highest BCUT2D eigenvalue weighted by atomic mass is 32.2. The molecule has 0 fully saturated rings. The smallest absolute Gasteiger partial charge is 0.126 e. The fourth-order valence-corrected chi connectivity index (χ4v) is 2.85. The van der Waals surface area contributed by atoms with Crippen LogP contribution in [0.5, 0.6) is 0 Å². The summed E-state index contributed by atoms with van der Waals surface area (Å²) in [5, 5.41) is 0. The number of rotatable bonds is 6. The van der Waals surface area contributed by atoms with Crippen LogP contribution in [-0.2, 0) is 6.42 Å². The molecule has 3 N–H and O–H groups in total. The van der Waals surface area contributed by atoms with Crippen LogP contribution in [0.1, 0.15) is 5.56 Å². The van der Waals surface area contributed by atoms with Crippen LogP contribution in [0, 0.1) is 11.6 Å². The molecule has 0 spiro atoms. The molecule has 1 unspecified atom stereocenters. The average Bonchev–Trinajstić information content (AvgIpc) is 2.43. The maximum Gasteiger partial charge on any atom is 0.126 e. The molecule has 1 atom stereocenters. The fourth-order valence-electron chi connectivity index (χ4n) is 1.89. The highest BCUT2D eigenvalue weighted by Gasteiger charge is 2.10. The van der Waals surface area contributed by atoms with Crippen molar-refractivity contribution >= 4 is 11.8 Å². The van der Waals surface area contributed by atoms with Crippen molar-refractivity contribution in [2.24, 2.45) is 5.84 Å². The highest BCUT2D eigenvalue weighted by molar-refractivity contribution is 7.99. The Kier molecular flexibility index (Phi) is 5.52. The number of benzene rings is 2. The van der Waals surface area contributed by atoms with Gasteiger partial charge in [-0.25, -0.2) is 8.78 Å². The number of thioether (sulfide) groups is 1. The molecule has 2 nitrogen and oxygen atoms in total. The topological polar surface area (TPSA) is 38.0 Å². The van der Waals surface area contributed by atoms with Crippen molar-refractivity contribution in [3.05, 3.63) is 65.7 Å². The molecular formula is C15H16F2N2S. The first kappa shape index (κ1) is 15.0. The summed E-state index contributed by atoms with van der Waals surface area (Å²) in [7, 11) is 0. The first-order chi connectivity index (χ1) is 9.67. The van der Waals surface area contributed by atoms with Crippen LogP contribution in [0.25, 0.3) is 0 Å². The van der Waals surface area contributed by atoms with Crippen molar-refractivity contribution in [3.63, 3.8) is 0 Å². The van der Waals surface area contributed by atoms with E-state index in [9.17, 15) is 8.78 Å². The normalized spacial score (nSPS) is 12.3. The second kappa shape index (κ2) is 7.38. The number of hydrazine groups is 1. The second-order valence-electron chi connectivity index (χ2n) is 4.47. The molecule has 0 saturated carbocycles. The number of hydrogen-bond acceptors (Lipinski definition) is 3. The number of halogens is 2. The van der Waals surface area contributed by atoms with Crippen molar-refractivity contribution < 1.29 is 8.78 Å². The summed E-state index contributed by atoms with van der Waals surface area (Å²) in [5.41, 5.74) is 3.29. The molecule has 0 saturated heterocycles. The van der Waals surface area contributed by atoms with Crippen molar-refractivity contribution in [2.75, 3.05) is 5.75 Å². The zero-order chi connectivity index (χ0) is 14.4. The van der Waals surface area contributed by atoms with Crippen molar-refractivity contribution in [3.8, 4) is 0 Å². The average molecular weight is 294 g/mol. The molecular weight excluding hydrogens is 278 g/mol. The standard InChI is InChI=1S/C15H16F2N2S/c16-12-6-11(7-13(17)9-12)8-14(19-18)10-20-15-4-2-1-3-5-15/h1-7,9,14,19H,8,10,18H2. The Hall–Kier alpha value is -1.43. The lowest BCUT2D eigenvalue weighted by Crippen LogP contribution is -2.38. The predicted molar refractivity (Wildman–Crippen MR) is 78.3 cm³/mol. The summed E-state index contributed by atoms with van der Waals surface area (Å²) in [6.45, 7) is 0. The van der Waals surface area contributed by atoms with E-state index in [2.05, 4.69) is 5.43 Å². The van der Waals surface area contributed by atoms with E-state index >= 15 is 0 Å². The molecule has 2 aromatic carbocycles. The zero-order valence-electron chi connectivity index (χ0n) is 10.9. The quantitative estimate of drug-likeness (QED) is 0.488. The van der Waals surface area contributed by atoms with Gasteiger partial charge in [0, 0.05) is 22.8 Å². The first-order valence-electron chi connectivity index (χ1n) is 6.26. The minimum atomic E-state index is -0.563. The van der Waals surface area contributed by atoms with Gasteiger partial charge in [0.2, 0.25) is 0 Å². The van der Waals surface area contributed by atoms with Gasteiger partial charge in [0.05, 0.1) is 0 Å². The van der Waals surface area contributed by atoms with Gasteiger partial charge in [-0.15, -0.1) is 11.8 Å². The summed E-state index contributed by atoms with van der Waals surface area (Å²) in [5.74, 6) is 5.10. The van der Waals surface area contributed by atoms with Crippen molar-refractivity contribution in [1.82, 2.24) is 5.43 Å². The molecule has 0 aliphatic carbocycles.